The van der Waals surface area contributed by atoms with Crippen LogP contribution in [0.25, 0.3) is 5.57 Å². The van der Waals surface area contributed by atoms with Crippen LogP contribution in [0.5, 0.6) is 0 Å². The van der Waals surface area contributed by atoms with E-state index in [-0.39, 0.29) is 26.2 Å². The molecule has 2 aliphatic heterocycles. The fraction of sp³-hybridized carbons (Fsp3) is 0.0625. The van der Waals surface area contributed by atoms with Crippen LogP contribution in [0.2, 0.25) is 0 Å². The Morgan fingerprint density at radius 3 is 2.41 bits per heavy atom. The van der Waals surface area contributed by atoms with Gasteiger partial charge in [-0.05, 0) is 34.1 Å². The number of nitro benzene ring substituents is 1. The summed E-state index contributed by atoms with van der Waals surface area (Å²) in [5.74, 6) is 0. The molecule has 2 aromatic rings. The van der Waals surface area contributed by atoms with Crippen molar-refractivity contribution in [1.82, 2.24) is 4.48 Å². The number of benzene rings is 1. The van der Waals surface area contributed by atoms with E-state index in [9.17, 15) is 23.3 Å². The zero-order chi connectivity index (χ0) is 21.3. The van der Waals surface area contributed by atoms with Crippen LogP contribution in [0, 0.1) is 10.1 Å². The molecule has 0 saturated heterocycles. The van der Waals surface area contributed by atoms with E-state index in [4.69, 9.17) is 0 Å². The molecule has 4 rings (SSSR count). The van der Waals surface area contributed by atoms with Crippen LogP contribution < -0.4 is 0 Å². The number of non-ortho nitro benzene ring substituents is 1. The third-order valence-electron chi connectivity index (χ3n) is 4.66. The summed E-state index contributed by atoms with van der Waals surface area (Å²) in [7, 11) is 0. The minimum absolute atomic E-state index is 0.0169. The van der Waals surface area contributed by atoms with Gasteiger partial charge in [-0.25, -0.2) is 0 Å². The number of halogens is 7. The molecule has 1 aromatic heterocycles. The van der Waals surface area contributed by atoms with Gasteiger partial charge in [0.2, 0.25) is 4.62 Å². The summed E-state index contributed by atoms with van der Waals surface area (Å²) in [6.45, 7) is -4.40. The maximum atomic E-state index is 15.2. The van der Waals surface area contributed by atoms with Gasteiger partial charge in [0.15, 0.2) is 5.70 Å². The minimum Gasteiger partial charge on any atom is -0.389 e. The maximum absolute atomic E-state index is 15.2. The summed E-state index contributed by atoms with van der Waals surface area (Å²) in [5.41, 5.74) is -2.87. The van der Waals surface area contributed by atoms with Crippen molar-refractivity contribution in [1.29, 1.82) is 0 Å². The van der Waals surface area contributed by atoms with E-state index in [1.165, 1.54) is 24.3 Å². The standard InChI is InChI=1S/C16H7BBr2F5N3O2/c18-13-5-3-11-15(12-4-6-14(19)26(12)17(23,24)25(11)13)9-2-1-8(27(28)29)7-10(9)16(20,21)22/h1-7H. The summed E-state index contributed by atoms with van der Waals surface area (Å²) in [5, 5.41) is 11.0. The largest absolute Gasteiger partial charge is 0.738 e. The molecule has 0 aliphatic carbocycles. The average molecular weight is 539 g/mol. The van der Waals surface area contributed by atoms with Gasteiger partial charge in [0.05, 0.1) is 20.7 Å². The molecule has 13 heteroatoms. The predicted octanol–water partition coefficient (Wildman–Crippen LogP) is 5.55. The number of alkyl halides is 3. The van der Waals surface area contributed by atoms with Crippen LogP contribution in [0.3, 0.4) is 0 Å². The minimum atomic E-state index is -4.94. The molecule has 0 atom stereocenters. The number of nitro groups is 1. The van der Waals surface area contributed by atoms with Gasteiger partial charge in [0, 0.05) is 51.5 Å². The number of rotatable bonds is 2. The molecule has 0 saturated carbocycles. The fourth-order valence-corrected chi connectivity index (χ4v) is 4.65. The van der Waals surface area contributed by atoms with Crippen molar-refractivity contribution in [2.24, 2.45) is 0 Å². The summed E-state index contributed by atoms with van der Waals surface area (Å²) in [6.07, 6.45) is -2.35. The normalized spacial score (nSPS) is 17.6. The molecular weight excluding hydrogens is 532 g/mol. The van der Waals surface area contributed by atoms with Gasteiger partial charge < -0.3 is 17.6 Å². The number of nitrogens with zero attached hydrogens (tertiary/aromatic N) is 3. The van der Waals surface area contributed by atoms with Crippen molar-refractivity contribution in [3.8, 4) is 0 Å². The van der Waals surface area contributed by atoms with Gasteiger partial charge in [-0.3, -0.25) is 10.1 Å². The van der Waals surface area contributed by atoms with E-state index in [0.29, 0.717) is 15.0 Å². The lowest BCUT2D eigenvalue weighted by molar-refractivity contribution is -0.385. The number of hydrogen-bond donors (Lipinski definition) is 0. The van der Waals surface area contributed by atoms with Gasteiger partial charge in [-0.15, -0.1) is 0 Å². The second kappa shape index (κ2) is 6.36. The Hall–Kier alpha value is -2.28. The van der Waals surface area contributed by atoms with E-state index in [0.717, 1.165) is 12.1 Å². The molecule has 150 valence electrons. The second-order valence-corrected chi connectivity index (χ2v) is 7.90. The number of allylic oxidation sites excluding steroid dienone is 2. The van der Waals surface area contributed by atoms with E-state index < -0.39 is 34.9 Å². The van der Waals surface area contributed by atoms with Crippen LogP contribution in [0.15, 0.2) is 52.8 Å². The highest BCUT2D eigenvalue weighted by atomic mass is 79.9. The predicted molar refractivity (Wildman–Crippen MR) is 103 cm³/mol. The molecule has 0 spiro atoms. The van der Waals surface area contributed by atoms with Crippen LogP contribution in [0.1, 0.15) is 16.8 Å². The van der Waals surface area contributed by atoms with E-state index >= 15 is 8.63 Å². The average Bonchev–Trinajstić information content (AvgIpc) is 3.19. The molecule has 0 fully saturated rings. The van der Waals surface area contributed by atoms with Gasteiger partial charge >= 0.3 is 13.1 Å². The lowest BCUT2D eigenvalue weighted by Gasteiger charge is -2.32. The highest BCUT2D eigenvalue weighted by Gasteiger charge is 2.55. The third kappa shape index (κ3) is 2.89. The third-order valence-corrected chi connectivity index (χ3v) is 5.95. The van der Waals surface area contributed by atoms with Gasteiger partial charge in [0.1, 0.15) is 0 Å². The smallest absolute Gasteiger partial charge is 0.389 e. The molecule has 3 heterocycles. The Balaban J connectivity index is 2.12. The molecule has 0 radical (unpaired) electrons. The Labute approximate surface area is 176 Å². The van der Waals surface area contributed by atoms with Crippen molar-refractivity contribution < 1.29 is 31.2 Å². The van der Waals surface area contributed by atoms with Gasteiger partial charge in [0.25, 0.3) is 5.69 Å². The highest BCUT2D eigenvalue weighted by Crippen LogP contribution is 2.46. The van der Waals surface area contributed by atoms with Gasteiger partial charge in [-0.2, -0.15) is 13.2 Å². The summed E-state index contributed by atoms with van der Waals surface area (Å²) < 4.78 is 72.8. The highest BCUT2D eigenvalue weighted by molar-refractivity contribution is 9.18. The van der Waals surface area contributed by atoms with Crippen LogP contribution in [-0.4, -0.2) is 25.5 Å². The SMILES string of the molecule is O=[N+]([O-])c1ccc(C2=C3C=CC(Br)=[N+]3[B-](F)(F)n3c(Br)ccc32)c(C(F)(F)F)c1. The first-order valence-corrected chi connectivity index (χ1v) is 9.53. The topological polar surface area (TPSA) is 51.1 Å². The van der Waals surface area contributed by atoms with E-state index in [2.05, 4.69) is 31.9 Å². The van der Waals surface area contributed by atoms with E-state index in [1.807, 2.05) is 0 Å². The lowest BCUT2D eigenvalue weighted by atomic mass is 9.85. The van der Waals surface area contributed by atoms with Gasteiger partial charge in [-0.1, -0.05) is 0 Å². The van der Waals surface area contributed by atoms with Crippen LogP contribution >= 0.6 is 31.9 Å². The molecule has 0 amide bonds. The van der Waals surface area contributed by atoms with Crippen LogP contribution in [-0.2, 0) is 6.18 Å². The van der Waals surface area contributed by atoms with Crippen molar-refractivity contribution in [2.45, 2.75) is 6.18 Å². The van der Waals surface area contributed by atoms with Crippen molar-refractivity contribution >= 4 is 54.7 Å². The molecule has 0 bridgehead atoms. The van der Waals surface area contributed by atoms with Crippen molar-refractivity contribution in [2.75, 3.05) is 0 Å². The molecule has 5 nitrogen and oxygen atoms in total. The Morgan fingerprint density at radius 2 is 1.79 bits per heavy atom. The summed E-state index contributed by atoms with van der Waals surface area (Å²) >= 11 is 6.05. The summed E-state index contributed by atoms with van der Waals surface area (Å²) in [4.78, 5) is 10.0. The molecule has 0 N–H and O–H groups in total. The zero-order valence-electron chi connectivity index (χ0n) is 13.9. The first-order valence-electron chi connectivity index (χ1n) is 7.94. The van der Waals surface area contributed by atoms with Crippen molar-refractivity contribution in [3.05, 3.63) is 79.7 Å². The Morgan fingerprint density at radius 1 is 1.10 bits per heavy atom. The lowest BCUT2D eigenvalue weighted by Crippen LogP contribution is -2.50. The molecule has 1 aromatic carbocycles. The molecule has 29 heavy (non-hydrogen) atoms. The monoisotopic (exact) mass is 537 g/mol. The number of hydrogen-bond acceptors (Lipinski definition) is 2. The first-order chi connectivity index (χ1) is 13.4. The molecule has 0 unspecified atom stereocenters. The molecular formula is C16H7BBr2F5N3O2. The molecule has 2 aliphatic rings. The van der Waals surface area contributed by atoms with Crippen LogP contribution in [0.4, 0.5) is 27.5 Å². The van der Waals surface area contributed by atoms with Crippen molar-refractivity contribution in [3.63, 3.8) is 0 Å². The Bertz CT molecular complexity index is 1180. The first kappa shape index (κ1) is 20.0. The zero-order valence-corrected chi connectivity index (χ0v) is 17.1. The second-order valence-electron chi connectivity index (χ2n) is 6.27. The quantitative estimate of drug-likeness (QED) is 0.218. The maximum Gasteiger partial charge on any atom is 0.738 e. The number of fused-ring (bicyclic) bond motifs is 2. The van der Waals surface area contributed by atoms with E-state index in [1.54, 1.807) is 0 Å². The Kier molecular flexibility index (Phi) is 4.39. The fourth-order valence-electron chi connectivity index (χ4n) is 3.51. The number of aromatic nitrogens is 1. The summed E-state index contributed by atoms with van der Waals surface area (Å²) in [6, 6.07) is 4.85.